The lowest BCUT2D eigenvalue weighted by molar-refractivity contribution is 0.193. The van der Waals surface area contributed by atoms with Gasteiger partial charge in [-0.3, -0.25) is 0 Å². The van der Waals surface area contributed by atoms with Crippen LogP contribution in [-0.4, -0.2) is 29.7 Å². The Bertz CT molecular complexity index is 567. The molecule has 1 aliphatic heterocycles. The zero-order chi connectivity index (χ0) is 14.5. The Balaban J connectivity index is 1.78. The highest BCUT2D eigenvalue weighted by Crippen LogP contribution is 2.25. The molecule has 2 aromatic rings. The summed E-state index contributed by atoms with van der Waals surface area (Å²) in [5.74, 6) is 1.42. The molecule has 110 valence electrons. The molecule has 0 N–H and O–H groups in total. The van der Waals surface area contributed by atoms with E-state index in [1.807, 2.05) is 6.07 Å². The van der Waals surface area contributed by atoms with Gasteiger partial charge in [-0.2, -0.15) is 0 Å². The predicted molar refractivity (Wildman–Crippen MR) is 83.4 cm³/mol. The molecule has 1 aromatic heterocycles. The minimum Gasteiger partial charge on any atom is -0.381 e. The van der Waals surface area contributed by atoms with E-state index in [-0.39, 0.29) is 0 Å². The monoisotopic (exact) mass is 283 g/mol. The topological polar surface area (TPSA) is 38.2 Å². The number of anilines is 1. The summed E-state index contributed by atoms with van der Waals surface area (Å²) in [6.07, 6.45) is 2.73. The third-order valence-electron chi connectivity index (χ3n) is 3.94. The van der Waals surface area contributed by atoms with Gasteiger partial charge in [-0.05, 0) is 18.9 Å². The van der Waals surface area contributed by atoms with Gasteiger partial charge < -0.3 is 9.64 Å². The normalized spacial score (nSPS) is 17.9. The van der Waals surface area contributed by atoms with Crippen molar-refractivity contribution in [2.24, 2.45) is 0 Å². The number of hydrogen-bond donors (Lipinski definition) is 0. The van der Waals surface area contributed by atoms with E-state index >= 15 is 0 Å². The lowest BCUT2D eigenvalue weighted by Gasteiger charge is -2.22. The summed E-state index contributed by atoms with van der Waals surface area (Å²) in [5.41, 5.74) is 2.40. The van der Waals surface area contributed by atoms with Crippen LogP contribution in [-0.2, 0) is 11.3 Å². The molecule has 0 unspecified atom stereocenters. The smallest absolute Gasteiger partial charge is 0.132 e. The van der Waals surface area contributed by atoms with Crippen molar-refractivity contribution in [2.45, 2.75) is 25.8 Å². The molecule has 0 spiro atoms. The number of hydrogen-bond acceptors (Lipinski definition) is 4. The second-order valence-electron chi connectivity index (χ2n) is 5.36. The molecular weight excluding hydrogens is 262 g/mol. The minimum atomic E-state index is 0.419. The van der Waals surface area contributed by atoms with E-state index in [4.69, 9.17) is 4.74 Å². The fraction of sp³-hybridized carbons (Fsp3) is 0.412. The van der Waals surface area contributed by atoms with Crippen molar-refractivity contribution in [3.63, 3.8) is 0 Å². The van der Waals surface area contributed by atoms with Crippen molar-refractivity contribution >= 4 is 5.82 Å². The summed E-state index contributed by atoms with van der Waals surface area (Å²) in [5, 5.41) is 0. The van der Waals surface area contributed by atoms with Gasteiger partial charge in [0.1, 0.15) is 12.1 Å². The molecule has 1 fully saturated rings. The first kappa shape index (κ1) is 14.0. The number of aromatic nitrogens is 2. The van der Waals surface area contributed by atoms with Crippen LogP contribution in [0.15, 0.2) is 42.7 Å². The summed E-state index contributed by atoms with van der Waals surface area (Å²) >= 11 is 0. The van der Waals surface area contributed by atoms with E-state index in [1.165, 1.54) is 5.56 Å². The van der Waals surface area contributed by atoms with Crippen LogP contribution in [0.3, 0.4) is 0 Å². The third kappa shape index (κ3) is 3.39. The van der Waals surface area contributed by atoms with Crippen LogP contribution in [0.2, 0.25) is 0 Å². The van der Waals surface area contributed by atoms with E-state index in [0.717, 1.165) is 44.2 Å². The molecule has 1 aromatic carbocycles. The maximum Gasteiger partial charge on any atom is 0.132 e. The van der Waals surface area contributed by atoms with Gasteiger partial charge in [0.15, 0.2) is 0 Å². The van der Waals surface area contributed by atoms with E-state index in [0.29, 0.717) is 5.92 Å². The van der Waals surface area contributed by atoms with Gasteiger partial charge in [0.25, 0.3) is 0 Å². The first-order chi connectivity index (χ1) is 10.4. The van der Waals surface area contributed by atoms with Crippen molar-refractivity contribution in [3.05, 3.63) is 54.0 Å². The number of rotatable bonds is 5. The van der Waals surface area contributed by atoms with Crippen LogP contribution < -0.4 is 4.90 Å². The van der Waals surface area contributed by atoms with Gasteiger partial charge in [-0.25, -0.2) is 9.97 Å². The van der Waals surface area contributed by atoms with Crippen LogP contribution in [0.1, 0.15) is 30.5 Å². The molecule has 4 nitrogen and oxygen atoms in total. The zero-order valence-corrected chi connectivity index (χ0v) is 12.4. The molecule has 2 heterocycles. The van der Waals surface area contributed by atoms with E-state index < -0.39 is 0 Å². The Labute approximate surface area is 125 Å². The summed E-state index contributed by atoms with van der Waals surface area (Å²) < 4.78 is 5.46. The quantitative estimate of drug-likeness (QED) is 0.845. The largest absolute Gasteiger partial charge is 0.381 e. The van der Waals surface area contributed by atoms with Gasteiger partial charge >= 0.3 is 0 Å². The van der Waals surface area contributed by atoms with Crippen LogP contribution >= 0.6 is 0 Å². The molecular formula is C17H21N3O. The fourth-order valence-corrected chi connectivity index (χ4v) is 2.68. The molecule has 1 saturated heterocycles. The molecule has 1 aliphatic rings. The fourth-order valence-electron chi connectivity index (χ4n) is 2.68. The van der Waals surface area contributed by atoms with Crippen LogP contribution in [0.4, 0.5) is 5.82 Å². The highest BCUT2D eigenvalue weighted by atomic mass is 16.5. The third-order valence-corrected chi connectivity index (χ3v) is 3.94. The van der Waals surface area contributed by atoms with Crippen molar-refractivity contribution in [1.82, 2.24) is 9.97 Å². The molecule has 0 bridgehead atoms. The standard InChI is InChI=1S/C17H21N3O/c1-2-20(11-14-6-4-3-5-7-14)17-10-16(18-13-19-17)15-8-9-21-12-15/h3-7,10,13,15H,2,8-9,11-12H2,1H3/t15-/m0/s1. The second-order valence-corrected chi connectivity index (χ2v) is 5.36. The lowest BCUT2D eigenvalue weighted by Crippen LogP contribution is -2.23. The van der Waals surface area contributed by atoms with Gasteiger partial charge in [-0.15, -0.1) is 0 Å². The Morgan fingerprint density at radius 3 is 2.81 bits per heavy atom. The van der Waals surface area contributed by atoms with Crippen LogP contribution in [0, 0.1) is 0 Å². The number of benzene rings is 1. The first-order valence-corrected chi connectivity index (χ1v) is 7.55. The van der Waals surface area contributed by atoms with E-state index in [1.54, 1.807) is 6.33 Å². The Hall–Kier alpha value is -1.94. The van der Waals surface area contributed by atoms with E-state index in [9.17, 15) is 0 Å². The summed E-state index contributed by atoms with van der Waals surface area (Å²) in [7, 11) is 0. The lowest BCUT2D eigenvalue weighted by atomic mass is 10.0. The molecule has 3 rings (SSSR count). The highest BCUT2D eigenvalue weighted by Gasteiger charge is 2.20. The Morgan fingerprint density at radius 2 is 2.10 bits per heavy atom. The summed E-state index contributed by atoms with van der Waals surface area (Å²) in [6, 6.07) is 12.6. The Morgan fingerprint density at radius 1 is 1.24 bits per heavy atom. The second kappa shape index (κ2) is 6.68. The van der Waals surface area contributed by atoms with E-state index in [2.05, 4.69) is 52.1 Å². The number of ether oxygens (including phenoxy) is 1. The predicted octanol–water partition coefficient (Wildman–Crippen LogP) is 3.01. The zero-order valence-electron chi connectivity index (χ0n) is 12.4. The van der Waals surface area contributed by atoms with Crippen molar-refractivity contribution < 1.29 is 4.74 Å². The molecule has 21 heavy (non-hydrogen) atoms. The van der Waals surface area contributed by atoms with Crippen molar-refractivity contribution in [2.75, 3.05) is 24.7 Å². The highest BCUT2D eigenvalue weighted by molar-refractivity contribution is 5.40. The molecule has 0 aliphatic carbocycles. The molecule has 0 radical (unpaired) electrons. The van der Waals surface area contributed by atoms with Crippen LogP contribution in [0.25, 0.3) is 0 Å². The summed E-state index contributed by atoms with van der Waals surface area (Å²) in [6.45, 7) is 5.57. The molecule has 1 atom stereocenters. The maximum atomic E-state index is 5.46. The SMILES string of the molecule is CCN(Cc1ccccc1)c1cc([C@H]2CCOC2)ncn1. The van der Waals surface area contributed by atoms with Crippen molar-refractivity contribution in [1.29, 1.82) is 0 Å². The van der Waals surface area contributed by atoms with Gasteiger partial charge in [0.05, 0.1) is 12.3 Å². The number of nitrogens with zero attached hydrogens (tertiary/aromatic N) is 3. The molecule has 4 heteroatoms. The van der Waals surface area contributed by atoms with Gasteiger partial charge in [0.2, 0.25) is 0 Å². The van der Waals surface area contributed by atoms with Crippen LogP contribution in [0.5, 0.6) is 0 Å². The van der Waals surface area contributed by atoms with Gasteiger partial charge in [0, 0.05) is 31.7 Å². The molecule has 0 amide bonds. The first-order valence-electron chi connectivity index (χ1n) is 7.55. The Kier molecular flexibility index (Phi) is 4.46. The average molecular weight is 283 g/mol. The average Bonchev–Trinajstić information content (AvgIpc) is 3.08. The van der Waals surface area contributed by atoms with Gasteiger partial charge in [-0.1, -0.05) is 30.3 Å². The van der Waals surface area contributed by atoms with Crippen molar-refractivity contribution in [3.8, 4) is 0 Å². The maximum absolute atomic E-state index is 5.46. The summed E-state index contributed by atoms with van der Waals surface area (Å²) in [4.78, 5) is 11.2. The minimum absolute atomic E-state index is 0.419. The molecule has 0 saturated carbocycles.